The number of benzene rings is 6. The Morgan fingerprint density at radius 1 is 0.479 bits per heavy atom. The molecular weight excluding hydrogens is 609 g/mol. The Morgan fingerprint density at radius 2 is 1.21 bits per heavy atom. The molecule has 0 saturated heterocycles. The summed E-state index contributed by atoms with van der Waals surface area (Å²) in [5, 5.41) is 5.41. The molecule has 0 fully saturated rings. The van der Waals surface area contributed by atoms with E-state index in [-0.39, 0.29) is 0 Å². The van der Waals surface area contributed by atoms with Crippen LogP contribution in [0, 0.1) is 0 Å². The summed E-state index contributed by atoms with van der Waals surface area (Å²) in [5.74, 6) is 1.82. The zero-order valence-electron chi connectivity index (χ0n) is 25.5. The summed E-state index contributed by atoms with van der Waals surface area (Å²) in [4.78, 5) is 20.0. The van der Waals surface area contributed by atoms with E-state index < -0.39 is 0 Å². The van der Waals surface area contributed by atoms with Gasteiger partial charge in [0.1, 0.15) is 11.1 Å². The second-order valence-corrected chi connectivity index (χ2v) is 12.9. The number of nitrogens with zero attached hydrogens (tertiary/aromatic N) is 4. The van der Waals surface area contributed by atoms with E-state index in [2.05, 4.69) is 120 Å². The Hall–Kier alpha value is -6.24. The van der Waals surface area contributed by atoms with Crippen molar-refractivity contribution in [3.63, 3.8) is 0 Å². The summed E-state index contributed by atoms with van der Waals surface area (Å²) in [7, 11) is 0. The van der Waals surface area contributed by atoms with Crippen LogP contribution in [-0.4, -0.2) is 19.9 Å². The zero-order valence-corrected chi connectivity index (χ0v) is 26.3. The molecule has 0 radical (unpaired) electrons. The van der Waals surface area contributed by atoms with Gasteiger partial charge in [-0.15, -0.1) is 11.3 Å². The Bertz CT molecular complexity index is 2840. The molecule has 0 bridgehead atoms. The Labute approximate surface area is 278 Å². The molecule has 224 valence electrons. The van der Waals surface area contributed by atoms with E-state index in [9.17, 15) is 0 Å². The molecule has 4 aromatic heterocycles. The first-order valence-electron chi connectivity index (χ1n) is 15.8. The van der Waals surface area contributed by atoms with Crippen molar-refractivity contribution in [3.8, 4) is 45.3 Å². The number of fused-ring (bicyclic) bond motifs is 8. The smallest absolute Gasteiger partial charge is 0.164 e. The van der Waals surface area contributed by atoms with Crippen molar-refractivity contribution in [2.24, 2.45) is 0 Å². The van der Waals surface area contributed by atoms with Crippen LogP contribution >= 0.6 is 11.3 Å². The van der Waals surface area contributed by atoms with E-state index in [1.807, 2.05) is 24.3 Å². The summed E-state index contributed by atoms with van der Waals surface area (Å²) in [5.41, 5.74) is 7.41. The van der Waals surface area contributed by atoms with E-state index in [0.29, 0.717) is 17.5 Å². The Balaban J connectivity index is 1.20. The molecule has 6 heteroatoms. The van der Waals surface area contributed by atoms with Crippen LogP contribution in [0.25, 0.3) is 98.3 Å². The van der Waals surface area contributed by atoms with Gasteiger partial charge in [-0.1, -0.05) is 97.1 Å². The van der Waals surface area contributed by atoms with Crippen LogP contribution in [0.3, 0.4) is 0 Å². The van der Waals surface area contributed by atoms with Crippen molar-refractivity contribution in [1.29, 1.82) is 0 Å². The normalized spacial score (nSPS) is 11.8. The third-order valence-electron chi connectivity index (χ3n) is 9.00. The molecule has 48 heavy (non-hydrogen) atoms. The largest absolute Gasteiger partial charge is 0.454 e. The van der Waals surface area contributed by atoms with Crippen LogP contribution in [0.5, 0.6) is 0 Å². The minimum absolute atomic E-state index is 0.590. The lowest BCUT2D eigenvalue weighted by Gasteiger charge is -2.10. The van der Waals surface area contributed by atoms with Gasteiger partial charge in [0.05, 0.1) is 0 Å². The molecule has 0 spiro atoms. The molecule has 0 aliphatic rings. The molecule has 0 amide bonds. The molecule has 0 aliphatic heterocycles. The number of hydrogen-bond donors (Lipinski definition) is 0. The first-order chi connectivity index (χ1) is 23.8. The number of aromatic nitrogens is 4. The molecule has 10 aromatic rings. The number of thiophene rings is 1. The van der Waals surface area contributed by atoms with Crippen LogP contribution in [0.4, 0.5) is 0 Å². The number of furan rings is 1. The average Bonchev–Trinajstić information content (AvgIpc) is 3.73. The lowest BCUT2D eigenvalue weighted by atomic mass is 10.0. The maximum Gasteiger partial charge on any atom is 0.164 e. The lowest BCUT2D eigenvalue weighted by molar-refractivity contribution is 0.671. The van der Waals surface area contributed by atoms with Crippen molar-refractivity contribution in [3.05, 3.63) is 146 Å². The number of pyridine rings is 1. The van der Waals surface area contributed by atoms with E-state index in [0.717, 1.165) is 60.7 Å². The van der Waals surface area contributed by atoms with Crippen molar-refractivity contribution >= 4 is 64.4 Å². The van der Waals surface area contributed by atoms with Crippen molar-refractivity contribution in [2.45, 2.75) is 0 Å². The molecular formula is C42H24N4OS. The van der Waals surface area contributed by atoms with Gasteiger partial charge in [0.15, 0.2) is 23.1 Å². The van der Waals surface area contributed by atoms with Gasteiger partial charge < -0.3 is 4.42 Å². The van der Waals surface area contributed by atoms with Gasteiger partial charge in [0.2, 0.25) is 0 Å². The second-order valence-electron chi connectivity index (χ2n) is 11.9. The van der Waals surface area contributed by atoms with Crippen molar-refractivity contribution < 1.29 is 4.42 Å². The van der Waals surface area contributed by atoms with Gasteiger partial charge in [0.25, 0.3) is 0 Å². The van der Waals surface area contributed by atoms with Gasteiger partial charge in [-0.25, -0.2) is 15.0 Å². The molecule has 4 heterocycles. The predicted octanol–water partition coefficient (Wildman–Crippen LogP) is 11.4. The average molecular weight is 633 g/mol. The third-order valence-corrected chi connectivity index (χ3v) is 10.1. The van der Waals surface area contributed by atoms with Gasteiger partial charge in [-0.05, 0) is 53.6 Å². The summed E-state index contributed by atoms with van der Waals surface area (Å²) in [6.45, 7) is 0. The highest BCUT2D eigenvalue weighted by Crippen LogP contribution is 2.40. The fraction of sp³-hybridized carbons (Fsp3) is 0. The first-order valence-corrected chi connectivity index (χ1v) is 16.6. The molecule has 0 saturated carbocycles. The van der Waals surface area contributed by atoms with E-state index >= 15 is 0 Å². The van der Waals surface area contributed by atoms with Crippen LogP contribution < -0.4 is 0 Å². The van der Waals surface area contributed by atoms with E-state index in [4.69, 9.17) is 19.4 Å². The standard InChI is InChI=1S/C42H24N4OS/c1-2-8-25(9-3-1)26-15-17-28(18-16-26)40-44-41(29-20-22-36-33(24-29)30-11-4-5-14-35(30)48-36)46-42(45-40)32-12-6-13-34-37(32)31-21-19-27-10-7-23-43-38(27)39(31)47-34/h1-24H. The molecule has 0 unspecified atom stereocenters. The molecule has 10 rings (SSSR count). The summed E-state index contributed by atoms with van der Waals surface area (Å²) < 4.78 is 8.96. The Morgan fingerprint density at radius 3 is 2.10 bits per heavy atom. The quantitative estimate of drug-likeness (QED) is 0.193. The van der Waals surface area contributed by atoms with Crippen molar-refractivity contribution in [2.75, 3.05) is 0 Å². The van der Waals surface area contributed by atoms with Crippen LogP contribution in [0.2, 0.25) is 0 Å². The SMILES string of the molecule is c1ccc(-c2ccc(-c3nc(-c4ccc5sc6ccccc6c5c4)nc(-c4cccc5oc6c(ccc7cccnc76)c45)n3)cc2)cc1. The van der Waals surface area contributed by atoms with Gasteiger partial charge in [0, 0.05) is 59.2 Å². The topological polar surface area (TPSA) is 64.7 Å². The first kappa shape index (κ1) is 26.9. The van der Waals surface area contributed by atoms with Crippen LogP contribution in [0.15, 0.2) is 150 Å². The molecule has 0 N–H and O–H groups in total. The van der Waals surface area contributed by atoms with E-state index in [1.165, 1.54) is 20.2 Å². The van der Waals surface area contributed by atoms with Gasteiger partial charge in [-0.3, -0.25) is 4.98 Å². The molecule has 0 aliphatic carbocycles. The minimum atomic E-state index is 0.590. The molecule has 5 nitrogen and oxygen atoms in total. The number of hydrogen-bond acceptors (Lipinski definition) is 6. The fourth-order valence-corrected chi connectivity index (χ4v) is 7.76. The van der Waals surface area contributed by atoms with Gasteiger partial charge >= 0.3 is 0 Å². The zero-order chi connectivity index (χ0) is 31.6. The summed E-state index contributed by atoms with van der Waals surface area (Å²) >= 11 is 1.80. The third kappa shape index (κ3) is 4.31. The fourth-order valence-electron chi connectivity index (χ4n) is 6.67. The van der Waals surface area contributed by atoms with Crippen LogP contribution in [0.1, 0.15) is 0 Å². The molecule has 6 aromatic carbocycles. The highest BCUT2D eigenvalue weighted by atomic mass is 32.1. The monoisotopic (exact) mass is 632 g/mol. The minimum Gasteiger partial charge on any atom is -0.454 e. The highest BCUT2D eigenvalue weighted by molar-refractivity contribution is 7.25. The maximum absolute atomic E-state index is 6.46. The summed E-state index contributed by atoms with van der Waals surface area (Å²) in [6, 6.07) is 48.1. The van der Waals surface area contributed by atoms with Crippen LogP contribution in [-0.2, 0) is 0 Å². The summed E-state index contributed by atoms with van der Waals surface area (Å²) in [6.07, 6.45) is 1.80. The number of rotatable bonds is 4. The van der Waals surface area contributed by atoms with E-state index in [1.54, 1.807) is 17.5 Å². The maximum atomic E-state index is 6.46. The second kappa shape index (κ2) is 10.7. The van der Waals surface area contributed by atoms with Gasteiger partial charge in [-0.2, -0.15) is 0 Å². The predicted molar refractivity (Wildman–Crippen MR) is 197 cm³/mol. The molecule has 0 atom stereocenters. The Kier molecular flexibility index (Phi) is 5.98. The highest BCUT2D eigenvalue weighted by Gasteiger charge is 2.19. The van der Waals surface area contributed by atoms with Crippen molar-refractivity contribution in [1.82, 2.24) is 19.9 Å². The lowest BCUT2D eigenvalue weighted by Crippen LogP contribution is -2.00.